The number of alkyl halides is 1. The standard InChI is InChI=1S/C11H22FNO/c1-9(5-6-10(2)14)13-8-7-11(3,4)12/h9,13H,5-8H2,1-4H3. The molecule has 0 aliphatic heterocycles. The van der Waals surface area contributed by atoms with Gasteiger partial charge in [0.2, 0.25) is 0 Å². The van der Waals surface area contributed by atoms with Crippen molar-refractivity contribution in [2.45, 2.75) is 58.7 Å². The molecule has 0 radical (unpaired) electrons. The molecular formula is C11H22FNO. The zero-order valence-corrected chi connectivity index (χ0v) is 9.69. The van der Waals surface area contributed by atoms with Crippen LogP contribution < -0.4 is 5.32 Å². The van der Waals surface area contributed by atoms with E-state index in [9.17, 15) is 9.18 Å². The number of hydrogen-bond donors (Lipinski definition) is 1. The molecule has 0 saturated carbocycles. The van der Waals surface area contributed by atoms with Gasteiger partial charge in [-0.2, -0.15) is 0 Å². The summed E-state index contributed by atoms with van der Waals surface area (Å²) >= 11 is 0. The highest BCUT2D eigenvalue weighted by Crippen LogP contribution is 2.12. The van der Waals surface area contributed by atoms with Crippen molar-refractivity contribution in [2.24, 2.45) is 0 Å². The number of carbonyl (C=O) groups is 1. The van der Waals surface area contributed by atoms with Crippen molar-refractivity contribution in [2.75, 3.05) is 6.54 Å². The van der Waals surface area contributed by atoms with E-state index in [0.29, 0.717) is 25.4 Å². The highest BCUT2D eigenvalue weighted by Gasteiger charge is 2.14. The van der Waals surface area contributed by atoms with Crippen LogP contribution in [-0.4, -0.2) is 24.0 Å². The van der Waals surface area contributed by atoms with E-state index in [4.69, 9.17) is 0 Å². The van der Waals surface area contributed by atoms with Gasteiger partial charge in [0.15, 0.2) is 0 Å². The molecule has 2 nitrogen and oxygen atoms in total. The Morgan fingerprint density at radius 2 is 2.07 bits per heavy atom. The molecule has 0 spiro atoms. The molecule has 0 rings (SSSR count). The van der Waals surface area contributed by atoms with Crippen LogP contribution in [0.3, 0.4) is 0 Å². The second-order valence-electron chi connectivity index (χ2n) is 4.56. The van der Waals surface area contributed by atoms with Crippen LogP contribution in [0.1, 0.15) is 47.0 Å². The van der Waals surface area contributed by atoms with Crippen LogP contribution in [0.4, 0.5) is 4.39 Å². The lowest BCUT2D eigenvalue weighted by Gasteiger charge is -2.17. The molecule has 1 unspecified atom stereocenters. The summed E-state index contributed by atoms with van der Waals surface area (Å²) in [5.74, 6) is 0.212. The lowest BCUT2D eigenvalue weighted by atomic mass is 10.1. The van der Waals surface area contributed by atoms with Gasteiger partial charge < -0.3 is 10.1 Å². The van der Waals surface area contributed by atoms with Gasteiger partial charge in [-0.25, -0.2) is 4.39 Å². The smallest absolute Gasteiger partial charge is 0.129 e. The third kappa shape index (κ3) is 9.65. The van der Waals surface area contributed by atoms with E-state index in [-0.39, 0.29) is 5.78 Å². The summed E-state index contributed by atoms with van der Waals surface area (Å²) in [6, 6.07) is 0.293. The Kier molecular flexibility index (Phi) is 5.93. The van der Waals surface area contributed by atoms with Gasteiger partial charge >= 0.3 is 0 Å². The van der Waals surface area contributed by atoms with Crippen LogP contribution in [0.25, 0.3) is 0 Å². The second-order valence-corrected chi connectivity index (χ2v) is 4.56. The predicted octanol–water partition coefficient (Wildman–Crippen LogP) is 2.47. The molecule has 0 heterocycles. The molecule has 1 N–H and O–H groups in total. The minimum Gasteiger partial charge on any atom is -0.314 e. The normalized spacial score (nSPS) is 14.1. The predicted molar refractivity (Wildman–Crippen MR) is 57.2 cm³/mol. The molecule has 3 heteroatoms. The SMILES string of the molecule is CC(=O)CCC(C)NCCC(C)(C)F. The molecule has 0 aliphatic carbocycles. The average Bonchev–Trinajstić information content (AvgIpc) is 1.98. The first kappa shape index (κ1) is 13.6. The second kappa shape index (κ2) is 6.12. The third-order valence-electron chi connectivity index (χ3n) is 2.14. The monoisotopic (exact) mass is 203 g/mol. The Morgan fingerprint density at radius 1 is 1.50 bits per heavy atom. The van der Waals surface area contributed by atoms with Gasteiger partial charge in [0.25, 0.3) is 0 Å². The van der Waals surface area contributed by atoms with E-state index in [1.807, 2.05) is 6.92 Å². The Balaban J connectivity index is 3.45. The van der Waals surface area contributed by atoms with Crippen molar-refractivity contribution in [3.63, 3.8) is 0 Å². The van der Waals surface area contributed by atoms with Gasteiger partial charge in [-0.3, -0.25) is 0 Å². The Labute approximate surface area is 86.3 Å². The largest absolute Gasteiger partial charge is 0.314 e. The van der Waals surface area contributed by atoms with Crippen LogP contribution >= 0.6 is 0 Å². The van der Waals surface area contributed by atoms with Crippen molar-refractivity contribution in [1.29, 1.82) is 0 Å². The zero-order valence-electron chi connectivity index (χ0n) is 9.69. The summed E-state index contributed by atoms with van der Waals surface area (Å²) in [6.45, 7) is 7.44. The summed E-state index contributed by atoms with van der Waals surface area (Å²) in [6.07, 6.45) is 1.95. The third-order valence-corrected chi connectivity index (χ3v) is 2.14. The number of nitrogens with one attached hydrogen (secondary N) is 1. The minimum absolute atomic E-state index is 0.212. The summed E-state index contributed by atoms with van der Waals surface area (Å²) in [5.41, 5.74) is -1.10. The van der Waals surface area contributed by atoms with Gasteiger partial charge in [-0.05, 0) is 47.1 Å². The fraction of sp³-hybridized carbons (Fsp3) is 0.909. The molecule has 0 aromatic rings. The number of halogens is 1. The summed E-state index contributed by atoms with van der Waals surface area (Å²) in [4.78, 5) is 10.7. The van der Waals surface area contributed by atoms with Crippen molar-refractivity contribution in [3.8, 4) is 0 Å². The first-order chi connectivity index (χ1) is 6.31. The molecule has 0 bridgehead atoms. The molecule has 0 fully saturated rings. The number of carbonyl (C=O) groups excluding carboxylic acids is 1. The molecule has 1 atom stereocenters. The van der Waals surface area contributed by atoms with Crippen molar-refractivity contribution < 1.29 is 9.18 Å². The Morgan fingerprint density at radius 3 is 2.50 bits per heavy atom. The molecule has 0 aromatic carbocycles. The van der Waals surface area contributed by atoms with Crippen molar-refractivity contribution >= 4 is 5.78 Å². The lowest BCUT2D eigenvalue weighted by molar-refractivity contribution is -0.117. The molecule has 0 saturated heterocycles. The molecule has 14 heavy (non-hydrogen) atoms. The molecule has 84 valence electrons. The molecular weight excluding hydrogens is 181 g/mol. The maximum absolute atomic E-state index is 13.1. The van der Waals surface area contributed by atoms with Crippen LogP contribution in [0, 0.1) is 0 Å². The van der Waals surface area contributed by atoms with Gasteiger partial charge in [-0.1, -0.05) is 0 Å². The van der Waals surface area contributed by atoms with Crippen LogP contribution in [0.2, 0.25) is 0 Å². The lowest BCUT2D eigenvalue weighted by Crippen LogP contribution is -2.30. The number of rotatable bonds is 7. The zero-order chi connectivity index (χ0) is 11.2. The van der Waals surface area contributed by atoms with Gasteiger partial charge in [-0.15, -0.1) is 0 Å². The quantitative estimate of drug-likeness (QED) is 0.688. The van der Waals surface area contributed by atoms with Gasteiger partial charge in [0.1, 0.15) is 11.5 Å². The Hall–Kier alpha value is -0.440. The Bertz CT molecular complexity index is 175. The van der Waals surface area contributed by atoms with E-state index in [1.165, 1.54) is 0 Å². The fourth-order valence-corrected chi connectivity index (χ4v) is 1.14. The van der Waals surface area contributed by atoms with Crippen molar-refractivity contribution in [1.82, 2.24) is 5.32 Å². The van der Waals surface area contributed by atoms with Gasteiger partial charge in [0, 0.05) is 12.5 Å². The number of ketones is 1. The number of Topliss-reactive ketones (excluding diaryl/α,β-unsaturated/α-hetero) is 1. The van der Waals surface area contributed by atoms with Crippen LogP contribution in [0.5, 0.6) is 0 Å². The minimum atomic E-state index is -1.10. The fourth-order valence-electron chi connectivity index (χ4n) is 1.14. The van der Waals surface area contributed by atoms with Gasteiger partial charge in [0.05, 0.1) is 0 Å². The van der Waals surface area contributed by atoms with Crippen LogP contribution in [-0.2, 0) is 4.79 Å². The van der Waals surface area contributed by atoms with E-state index >= 15 is 0 Å². The first-order valence-corrected chi connectivity index (χ1v) is 5.23. The number of hydrogen-bond acceptors (Lipinski definition) is 2. The van der Waals surface area contributed by atoms with E-state index < -0.39 is 5.67 Å². The average molecular weight is 203 g/mol. The first-order valence-electron chi connectivity index (χ1n) is 5.23. The molecule has 0 aliphatic rings. The highest BCUT2D eigenvalue weighted by atomic mass is 19.1. The summed E-state index contributed by atoms with van der Waals surface area (Å²) in [7, 11) is 0. The highest BCUT2D eigenvalue weighted by molar-refractivity contribution is 5.75. The maximum Gasteiger partial charge on any atom is 0.129 e. The topological polar surface area (TPSA) is 29.1 Å². The molecule has 0 aromatic heterocycles. The van der Waals surface area contributed by atoms with E-state index in [1.54, 1.807) is 20.8 Å². The van der Waals surface area contributed by atoms with Crippen LogP contribution in [0.15, 0.2) is 0 Å². The summed E-state index contributed by atoms with van der Waals surface area (Å²) in [5, 5.41) is 3.20. The van der Waals surface area contributed by atoms with Crippen molar-refractivity contribution in [3.05, 3.63) is 0 Å². The molecule has 0 amide bonds. The van der Waals surface area contributed by atoms with E-state index in [2.05, 4.69) is 5.32 Å². The summed E-state index contributed by atoms with van der Waals surface area (Å²) < 4.78 is 13.1. The van der Waals surface area contributed by atoms with E-state index in [0.717, 1.165) is 6.42 Å². The maximum atomic E-state index is 13.1.